The van der Waals surface area contributed by atoms with Gasteiger partial charge in [0.15, 0.2) is 0 Å². The van der Waals surface area contributed by atoms with Crippen LogP contribution in [0.1, 0.15) is 30.4 Å². The van der Waals surface area contributed by atoms with Crippen LogP contribution in [0.4, 0.5) is 0 Å². The van der Waals surface area contributed by atoms with Crippen LogP contribution in [0, 0.1) is 6.92 Å². The number of nitrogens with one attached hydrogen (secondary N) is 1. The summed E-state index contributed by atoms with van der Waals surface area (Å²) in [7, 11) is 2.01. The van der Waals surface area contributed by atoms with Gasteiger partial charge >= 0.3 is 0 Å². The highest BCUT2D eigenvalue weighted by atomic mass is 16.5. The third-order valence-corrected chi connectivity index (χ3v) is 2.89. The number of aryl methyl sites for hydroxylation is 1. The molecule has 0 aromatic heterocycles. The van der Waals surface area contributed by atoms with Gasteiger partial charge in [-0.25, -0.2) is 0 Å². The standard InChI is InChI=1S/C14H23NO/c1-4-16-10-9-13(11-15-3)14-8-6-5-7-12(14)2/h5-8,13,15H,4,9-11H2,1-3H3. The lowest BCUT2D eigenvalue weighted by Gasteiger charge is -2.19. The molecular formula is C14H23NO. The number of likely N-dealkylation sites (N-methyl/N-ethyl adjacent to an activating group) is 1. The molecule has 0 saturated heterocycles. The smallest absolute Gasteiger partial charge is 0.0472 e. The molecule has 90 valence electrons. The van der Waals surface area contributed by atoms with Gasteiger partial charge in [0.1, 0.15) is 0 Å². The number of rotatable bonds is 7. The van der Waals surface area contributed by atoms with Crippen LogP contribution in [0.2, 0.25) is 0 Å². The molecule has 1 rings (SSSR count). The average Bonchev–Trinajstić information content (AvgIpc) is 2.29. The average molecular weight is 221 g/mol. The van der Waals surface area contributed by atoms with Crippen molar-refractivity contribution in [3.8, 4) is 0 Å². The Kier molecular flexibility index (Phi) is 6.12. The van der Waals surface area contributed by atoms with E-state index in [0.717, 1.165) is 26.2 Å². The minimum absolute atomic E-state index is 0.553. The summed E-state index contributed by atoms with van der Waals surface area (Å²) in [5.41, 5.74) is 2.82. The van der Waals surface area contributed by atoms with E-state index in [1.807, 2.05) is 14.0 Å². The van der Waals surface area contributed by atoms with Crippen molar-refractivity contribution in [2.75, 3.05) is 26.8 Å². The Morgan fingerprint density at radius 2 is 2.06 bits per heavy atom. The molecule has 0 spiro atoms. The molecule has 0 bridgehead atoms. The second kappa shape index (κ2) is 7.42. The van der Waals surface area contributed by atoms with E-state index < -0.39 is 0 Å². The van der Waals surface area contributed by atoms with Gasteiger partial charge in [-0.2, -0.15) is 0 Å². The maximum absolute atomic E-state index is 5.44. The lowest BCUT2D eigenvalue weighted by Crippen LogP contribution is -2.19. The Bertz CT molecular complexity index is 299. The van der Waals surface area contributed by atoms with Crippen LogP contribution in [0.5, 0.6) is 0 Å². The van der Waals surface area contributed by atoms with E-state index in [1.54, 1.807) is 0 Å². The molecule has 1 aromatic rings. The maximum atomic E-state index is 5.44. The lowest BCUT2D eigenvalue weighted by atomic mass is 9.92. The fraction of sp³-hybridized carbons (Fsp3) is 0.571. The van der Waals surface area contributed by atoms with E-state index in [9.17, 15) is 0 Å². The van der Waals surface area contributed by atoms with Gasteiger partial charge < -0.3 is 10.1 Å². The number of hydrogen-bond acceptors (Lipinski definition) is 2. The Hall–Kier alpha value is -0.860. The Morgan fingerprint density at radius 1 is 1.31 bits per heavy atom. The normalized spacial score (nSPS) is 12.7. The number of hydrogen-bond donors (Lipinski definition) is 1. The van der Waals surface area contributed by atoms with Crippen molar-refractivity contribution in [1.82, 2.24) is 5.32 Å². The first-order valence-electron chi connectivity index (χ1n) is 6.07. The molecule has 0 aliphatic rings. The van der Waals surface area contributed by atoms with Crippen LogP contribution < -0.4 is 5.32 Å². The summed E-state index contributed by atoms with van der Waals surface area (Å²) >= 11 is 0. The van der Waals surface area contributed by atoms with Gasteiger partial charge in [0, 0.05) is 19.8 Å². The highest BCUT2D eigenvalue weighted by Gasteiger charge is 2.12. The molecule has 1 aromatic carbocycles. The first-order valence-corrected chi connectivity index (χ1v) is 6.07. The Morgan fingerprint density at radius 3 is 2.69 bits per heavy atom. The number of benzene rings is 1. The SMILES string of the molecule is CCOCCC(CNC)c1ccccc1C. The van der Waals surface area contributed by atoms with Gasteiger partial charge in [-0.3, -0.25) is 0 Å². The zero-order valence-corrected chi connectivity index (χ0v) is 10.6. The molecule has 0 aliphatic carbocycles. The molecule has 0 radical (unpaired) electrons. The van der Waals surface area contributed by atoms with E-state index >= 15 is 0 Å². The second-order valence-electron chi connectivity index (χ2n) is 4.10. The summed E-state index contributed by atoms with van der Waals surface area (Å²) in [6.45, 7) is 6.88. The van der Waals surface area contributed by atoms with Gasteiger partial charge in [-0.15, -0.1) is 0 Å². The van der Waals surface area contributed by atoms with Gasteiger partial charge in [-0.05, 0) is 44.4 Å². The van der Waals surface area contributed by atoms with Gasteiger partial charge in [0.05, 0.1) is 0 Å². The summed E-state index contributed by atoms with van der Waals surface area (Å²) in [6.07, 6.45) is 1.08. The molecule has 2 heteroatoms. The van der Waals surface area contributed by atoms with Crippen molar-refractivity contribution in [3.63, 3.8) is 0 Å². The maximum Gasteiger partial charge on any atom is 0.0472 e. The van der Waals surface area contributed by atoms with Crippen LogP contribution >= 0.6 is 0 Å². The van der Waals surface area contributed by atoms with Crippen LogP contribution in [-0.2, 0) is 4.74 Å². The molecule has 2 nitrogen and oxygen atoms in total. The molecule has 1 unspecified atom stereocenters. The largest absolute Gasteiger partial charge is 0.382 e. The summed E-state index contributed by atoms with van der Waals surface area (Å²) in [4.78, 5) is 0. The van der Waals surface area contributed by atoms with Crippen molar-refractivity contribution in [2.24, 2.45) is 0 Å². The van der Waals surface area contributed by atoms with Crippen LogP contribution in [0.3, 0.4) is 0 Å². The Labute approximate surface area is 99.0 Å². The molecule has 0 saturated carbocycles. The highest BCUT2D eigenvalue weighted by molar-refractivity contribution is 5.29. The van der Waals surface area contributed by atoms with E-state index in [0.29, 0.717) is 5.92 Å². The molecule has 0 amide bonds. The minimum atomic E-state index is 0.553. The monoisotopic (exact) mass is 221 g/mol. The topological polar surface area (TPSA) is 21.3 Å². The van der Waals surface area contributed by atoms with Crippen LogP contribution in [0.15, 0.2) is 24.3 Å². The van der Waals surface area contributed by atoms with Crippen LogP contribution in [0.25, 0.3) is 0 Å². The van der Waals surface area contributed by atoms with Crippen molar-refractivity contribution in [3.05, 3.63) is 35.4 Å². The summed E-state index contributed by atoms with van der Waals surface area (Å²) in [5, 5.41) is 3.26. The molecule has 0 aliphatic heterocycles. The highest BCUT2D eigenvalue weighted by Crippen LogP contribution is 2.22. The van der Waals surface area contributed by atoms with E-state index in [2.05, 4.69) is 36.5 Å². The van der Waals surface area contributed by atoms with E-state index in [4.69, 9.17) is 4.74 Å². The van der Waals surface area contributed by atoms with Crippen molar-refractivity contribution in [2.45, 2.75) is 26.2 Å². The third-order valence-electron chi connectivity index (χ3n) is 2.89. The second-order valence-corrected chi connectivity index (χ2v) is 4.10. The first-order chi connectivity index (χ1) is 7.79. The lowest BCUT2D eigenvalue weighted by molar-refractivity contribution is 0.139. The predicted octanol–water partition coefficient (Wildman–Crippen LogP) is 2.72. The first kappa shape index (κ1) is 13.2. The van der Waals surface area contributed by atoms with Crippen molar-refractivity contribution >= 4 is 0 Å². The van der Waals surface area contributed by atoms with Gasteiger partial charge in [0.2, 0.25) is 0 Å². The fourth-order valence-electron chi connectivity index (χ4n) is 2.03. The molecule has 1 atom stereocenters. The quantitative estimate of drug-likeness (QED) is 0.715. The summed E-state index contributed by atoms with van der Waals surface area (Å²) in [6, 6.07) is 8.62. The van der Waals surface area contributed by atoms with E-state index in [1.165, 1.54) is 11.1 Å². The van der Waals surface area contributed by atoms with Gasteiger partial charge in [0.25, 0.3) is 0 Å². The fourth-order valence-corrected chi connectivity index (χ4v) is 2.03. The predicted molar refractivity (Wildman–Crippen MR) is 69.0 cm³/mol. The van der Waals surface area contributed by atoms with Gasteiger partial charge in [-0.1, -0.05) is 24.3 Å². The molecular weight excluding hydrogens is 198 g/mol. The number of ether oxygens (including phenoxy) is 1. The molecule has 16 heavy (non-hydrogen) atoms. The van der Waals surface area contributed by atoms with Crippen molar-refractivity contribution in [1.29, 1.82) is 0 Å². The summed E-state index contributed by atoms with van der Waals surface area (Å²) in [5.74, 6) is 0.553. The Balaban J connectivity index is 2.65. The van der Waals surface area contributed by atoms with Crippen molar-refractivity contribution < 1.29 is 4.74 Å². The zero-order valence-electron chi connectivity index (χ0n) is 10.6. The van der Waals surface area contributed by atoms with E-state index in [-0.39, 0.29) is 0 Å². The molecule has 0 heterocycles. The van der Waals surface area contributed by atoms with Crippen LogP contribution in [-0.4, -0.2) is 26.8 Å². The minimum Gasteiger partial charge on any atom is -0.382 e. The summed E-state index contributed by atoms with van der Waals surface area (Å²) < 4.78 is 5.44. The third kappa shape index (κ3) is 3.95. The zero-order chi connectivity index (χ0) is 11.8. The molecule has 1 N–H and O–H groups in total. The molecule has 0 fully saturated rings.